The molecule has 0 aliphatic carbocycles. The number of nitrogens with zero attached hydrogens (tertiary/aromatic N) is 5. The Morgan fingerprint density at radius 1 is 1.03 bits per heavy atom. The molecule has 0 radical (unpaired) electrons. The molecule has 2 aromatic carbocycles. The number of aromatic nitrogens is 6. The Bertz CT molecular complexity index is 1550. The summed E-state index contributed by atoms with van der Waals surface area (Å²) in [4.78, 5) is 33.1. The maximum Gasteiger partial charge on any atom is 0.266 e. The van der Waals surface area contributed by atoms with Crippen molar-refractivity contribution in [3.05, 3.63) is 82.7 Å². The van der Waals surface area contributed by atoms with Crippen molar-refractivity contribution in [3.8, 4) is 5.69 Å². The van der Waals surface area contributed by atoms with Crippen molar-refractivity contribution < 1.29 is 13.2 Å². The molecule has 0 bridgehead atoms. The average Bonchev–Trinajstić information content (AvgIpc) is 3.26. The molecule has 2 N–H and O–H groups in total. The van der Waals surface area contributed by atoms with E-state index in [2.05, 4.69) is 30.2 Å². The van der Waals surface area contributed by atoms with Crippen LogP contribution in [0.2, 0.25) is 0 Å². The lowest BCUT2D eigenvalue weighted by Gasteiger charge is -2.20. The summed E-state index contributed by atoms with van der Waals surface area (Å²) in [5.74, 6) is -2.24. The van der Waals surface area contributed by atoms with Gasteiger partial charge in [-0.1, -0.05) is 0 Å². The first-order chi connectivity index (χ1) is 15.4. The van der Waals surface area contributed by atoms with Crippen molar-refractivity contribution in [2.75, 3.05) is 5.32 Å². The lowest BCUT2D eigenvalue weighted by atomic mass is 10.2. The van der Waals surface area contributed by atoms with Crippen LogP contribution in [0.3, 0.4) is 0 Å². The SMILES string of the molecule is C[C@@H](Nc1ncnc2[nH]cnc12)c1nc2ccc(F)cc2c(=O)n1-c1ccc(F)c(F)c1. The molecule has 0 unspecified atom stereocenters. The number of halogens is 3. The Labute approximate surface area is 177 Å². The summed E-state index contributed by atoms with van der Waals surface area (Å²) in [5, 5.41) is 3.13. The first kappa shape index (κ1) is 19.7. The van der Waals surface area contributed by atoms with Gasteiger partial charge < -0.3 is 10.3 Å². The second-order valence-electron chi connectivity index (χ2n) is 7.06. The molecule has 0 amide bonds. The number of fused-ring (bicyclic) bond motifs is 2. The highest BCUT2D eigenvalue weighted by Crippen LogP contribution is 2.24. The molecular formula is C21H14F3N7O. The van der Waals surface area contributed by atoms with E-state index in [0.29, 0.717) is 17.0 Å². The molecule has 0 fully saturated rings. The minimum Gasteiger partial charge on any atom is -0.358 e. The Kier molecular flexibility index (Phi) is 4.58. The summed E-state index contributed by atoms with van der Waals surface area (Å²) >= 11 is 0. The first-order valence-corrected chi connectivity index (χ1v) is 9.50. The summed E-state index contributed by atoms with van der Waals surface area (Å²) in [6.45, 7) is 1.72. The molecule has 0 aliphatic heterocycles. The van der Waals surface area contributed by atoms with E-state index in [0.717, 1.165) is 22.8 Å². The standard InChI is InChI=1S/C21H14F3N7O/c1-10(29-19-17-18(26-8-25-17)27-9-28-19)20-30-16-5-2-11(22)6-13(16)21(32)31(20)12-3-4-14(23)15(24)7-12/h2-10H,1H3,(H2,25,26,27,28,29)/t10-/m1/s1. The van der Waals surface area contributed by atoms with Crippen LogP contribution in [0, 0.1) is 17.5 Å². The molecule has 8 nitrogen and oxygen atoms in total. The molecule has 0 saturated heterocycles. The quantitative estimate of drug-likeness (QED) is 0.445. The molecule has 0 saturated carbocycles. The van der Waals surface area contributed by atoms with Crippen molar-refractivity contribution in [1.82, 2.24) is 29.5 Å². The van der Waals surface area contributed by atoms with E-state index in [9.17, 15) is 18.0 Å². The molecule has 0 aliphatic rings. The highest BCUT2D eigenvalue weighted by Gasteiger charge is 2.21. The molecular weight excluding hydrogens is 423 g/mol. The zero-order chi connectivity index (χ0) is 22.4. The fourth-order valence-electron chi connectivity index (χ4n) is 3.48. The number of imidazole rings is 1. The number of aromatic amines is 1. The minimum absolute atomic E-state index is 0.00223. The van der Waals surface area contributed by atoms with Gasteiger partial charge in [0.15, 0.2) is 23.1 Å². The Morgan fingerprint density at radius 2 is 1.88 bits per heavy atom. The Balaban J connectivity index is 1.71. The van der Waals surface area contributed by atoms with Gasteiger partial charge in [0.2, 0.25) is 0 Å². The lowest BCUT2D eigenvalue weighted by molar-refractivity contribution is 0.507. The normalized spacial score (nSPS) is 12.4. The molecule has 5 aromatic rings. The number of hydrogen-bond acceptors (Lipinski definition) is 6. The second kappa shape index (κ2) is 7.45. The Hall–Kier alpha value is -4.28. The fraction of sp³-hybridized carbons (Fsp3) is 0.0952. The van der Waals surface area contributed by atoms with Gasteiger partial charge in [-0.15, -0.1) is 0 Å². The van der Waals surface area contributed by atoms with Gasteiger partial charge in [0.05, 0.1) is 29.0 Å². The number of benzene rings is 2. The van der Waals surface area contributed by atoms with Gasteiger partial charge >= 0.3 is 0 Å². The zero-order valence-corrected chi connectivity index (χ0v) is 16.5. The number of anilines is 1. The molecule has 11 heteroatoms. The van der Waals surface area contributed by atoms with Crippen LogP contribution < -0.4 is 10.9 Å². The summed E-state index contributed by atoms with van der Waals surface area (Å²) in [6.07, 6.45) is 2.81. The zero-order valence-electron chi connectivity index (χ0n) is 16.5. The maximum atomic E-state index is 14.0. The van der Waals surface area contributed by atoms with Crippen LogP contribution in [0.1, 0.15) is 18.8 Å². The lowest BCUT2D eigenvalue weighted by Crippen LogP contribution is -2.27. The highest BCUT2D eigenvalue weighted by molar-refractivity contribution is 5.82. The van der Waals surface area contributed by atoms with Gasteiger partial charge in [-0.2, -0.15) is 0 Å². The summed E-state index contributed by atoms with van der Waals surface area (Å²) in [6, 6.07) is 6.04. The first-order valence-electron chi connectivity index (χ1n) is 9.50. The predicted octanol–water partition coefficient (Wildman–Crippen LogP) is 3.64. The monoisotopic (exact) mass is 437 g/mol. The van der Waals surface area contributed by atoms with Crippen LogP contribution in [0.25, 0.3) is 27.8 Å². The highest BCUT2D eigenvalue weighted by atomic mass is 19.2. The third-order valence-electron chi connectivity index (χ3n) is 4.98. The van der Waals surface area contributed by atoms with Crippen molar-refractivity contribution in [2.24, 2.45) is 0 Å². The Morgan fingerprint density at radius 3 is 2.69 bits per heavy atom. The van der Waals surface area contributed by atoms with Gasteiger partial charge in [-0.25, -0.2) is 33.1 Å². The number of hydrogen-bond donors (Lipinski definition) is 2. The van der Waals surface area contributed by atoms with Gasteiger partial charge in [0, 0.05) is 6.07 Å². The molecule has 1 atom stereocenters. The summed E-state index contributed by atoms with van der Waals surface area (Å²) in [7, 11) is 0. The van der Waals surface area contributed by atoms with E-state index in [1.165, 1.54) is 30.9 Å². The third kappa shape index (κ3) is 3.23. The number of rotatable bonds is 4. The van der Waals surface area contributed by atoms with E-state index in [1.807, 2.05) is 0 Å². The van der Waals surface area contributed by atoms with E-state index in [4.69, 9.17) is 0 Å². The van der Waals surface area contributed by atoms with Gasteiger partial charge in [0.25, 0.3) is 5.56 Å². The van der Waals surface area contributed by atoms with Crippen LogP contribution in [-0.4, -0.2) is 29.5 Å². The number of nitrogens with one attached hydrogen (secondary N) is 2. The van der Waals surface area contributed by atoms with Gasteiger partial charge in [-0.3, -0.25) is 9.36 Å². The van der Waals surface area contributed by atoms with E-state index in [1.54, 1.807) is 6.92 Å². The molecule has 32 heavy (non-hydrogen) atoms. The fourth-order valence-corrected chi connectivity index (χ4v) is 3.48. The summed E-state index contributed by atoms with van der Waals surface area (Å²) in [5.41, 5.74) is 0.658. The largest absolute Gasteiger partial charge is 0.358 e. The number of H-pyrrole nitrogens is 1. The molecule has 160 valence electrons. The second-order valence-corrected chi connectivity index (χ2v) is 7.06. The molecule has 3 heterocycles. The van der Waals surface area contributed by atoms with Crippen molar-refractivity contribution >= 4 is 27.9 Å². The van der Waals surface area contributed by atoms with Crippen molar-refractivity contribution in [3.63, 3.8) is 0 Å². The average molecular weight is 437 g/mol. The van der Waals surface area contributed by atoms with Gasteiger partial charge in [0.1, 0.15) is 23.5 Å². The van der Waals surface area contributed by atoms with Crippen LogP contribution in [0.15, 0.2) is 53.8 Å². The maximum absolute atomic E-state index is 14.0. The summed E-state index contributed by atoms with van der Waals surface area (Å²) < 4.78 is 42.4. The van der Waals surface area contributed by atoms with Crippen LogP contribution >= 0.6 is 0 Å². The third-order valence-corrected chi connectivity index (χ3v) is 4.98. The molecule has 5 rings (SSSR count). The molecule has 3 aromatic heterocycles. The van der Waals surface area contributed by atoms with Crippen LogP contribution in [-0.2, 0) is 0 Å². The predicted molar refractivity (Wildman–Crippen MR) is 111 cm³/mol. The van der Waals surface area contributed by atoms with E-state index >= 15 is 0 Å². The molecule has 0 spiro atoms. The van der Waals surface area contributed by atoms with Crippen LogP contribution in [0.5, 0.6) is 0 Å². The van der Waals surface area contributed by atoms with Crippen LogP contribution in [0.4, 0.5) is 19.0 Å². The van der Waals surface area contributed by atoms with E-state index < -0.39 is 29.1 Å². The van der Waals surface area contributed by atoms with Gasteiger partial charge in [-0.05, 0) is 37.3 Å². The van der Waals surface area contributed by atoms with Crippen molar-refractivity contribution in [2.45, 2.75) is 13.0 Å². The van der Waals surface area contributed by atoms with E-state index in [-0.39, 0.29) is 22.4 Å². The topological polar surface area (TPSA) is 101 Å². The smallest absolute Gasteiger partial charge is 0.266 e. The minimum atomic E-state index is -1.13. The van der Waals surface area contributed by atoms with Crippen molar-refractivity contribution in [1.29, 1.82) is 0 Å².